The number of ether oxygens (including phenoxy) is 1. The Morgan fingerprint density at radius 2 is 1.93 bits per heavy atom. The van der Waals surface area contributed by atoms with Gasteiger partial charge in [0.05, 0.1) is 18.7 Å². The lowest BCUT2D eigenvalue weighted by Crippen LogP contribution is -2.39. The highest BCUT2D eigenvalue weighted by molar-refractivity contribution is 7.82. The molecule has 0 unspecified atom stereocenters. The average molecular weight is 428 g/mol. The van der Waals surface area contributed by atoms with Gasteiger partial charge in [-0.1, -0.05) is 53.8 Å². The molecule has 11 heteroatoms. The molecule has 9 nitrogen and oxygen atoms in total. The standard InChI is InChI=1S/C18H16N6O3S2/c1-9-7-23(18(26)20-15(9)25)14-6-12(21-22-19)13(27-14)8-24-16(28)10-4-2-3-5-11(10)17(24)29/h2-5,7,12-14H,6,8H2,1H3,(H,20,25,26)/t12-,13+,14+/m0/s1. The number of fused-ring (bicyclic) bond motifs is 1. The minimum Gasteiger partial charge on any atom is -0.352 e. The average Bonchev–Trinajstić information content (AvgIpc) is 3.20. The fraction of sp³-hybridized carbons (Fsp3) is 0.333. The quantitative estimate of drug-likeness (QED) is 0.345. The summed E-state index contributed by atoms with van der Waals surface area (Å²) in [6, 6.07) is 7.10. The molecule has 29 heavy (non-hydrogen) atoms. The summed E-state index contributed by atoms with van der Waals surface area (Å²) in [6.45, 7) is 1.90. The number of aryl methyl sites for hydroxylation is 1. The highest BCUT2D eigenvalue weighted by Crippen LogP contribution is 2.33. The Morgan fingerprint density at radius 3 is 2.55 bits per heavy atom. The van der Waals surface area contributed by atoms with Crippen LogP contribution in [-0.2, 0) is 4.74 Å². The molecule has 1 fully saturated rings. The lowest BCUT2D eigenvalue weighted by atomic mass is 10.1. The van der Waals surface area contributed by atoms with Gasteiger partial charge in [0.25, 0.3) is 5.56 Å². The van der Waals surface area contributed by atoms with E-state index in [1.165, 1.54) is 10.8 Å². The molecule has 148 valence electrons. The summed E-state index contributed by atoms with van der Waals surface area (Å²) in [4.78, 5) is 32.0. The number of nitrogens with zero attached hydrogens (tertiary/aromatic N) is 5. The maximum atomic E-state index is 12.2. The summed E-state index contributed by atoms with van der Waals surface area (Å²) < 4.78 is 7.37. The Bertz CT molecular complexity index is 1150. The first-order valence-electron chi connectivity index (χ1n) is 8.87. The molecule has 0 bridgehead atoms. The lowest BCUT2D eigenvalue weighted by Gasteiger charge is -2.24. The fourth-order valence-corrected chi connectivity index (χ4v) is 4.37. The third-order valence-electron chi connectivity index (χ3n) is 5.10. The van der Waals surface area contributed by atoms with Crippen LogP contribution in [0.1, 0.15) is 29.3 Å². The van der Waals surface area contributed by atoms with Crippen LogP contribution in [0.25, 0.3) is 10.4 Å². The minimum absolute atomic E-state index is 0.292. The second kappa shape index (κ2) is 7.53. The van der Waals surface area contributed by atoms with Crippen LogP contribution in [0.5, 0.6) is 0 Å². The van der Waals surface area contributed by atoms with Crippen LogP contribution in [0.3, 0.4) is 0 Å². The molecule has 0 amide bonds. The third-order valence-corrected chi connectivity index (χ3v) is 5.98. The molecule has 2 aliphatic heterocycles. The van der Waals surface area contributed by atoms with Gasteiger partial charge >= 0.3 is 5.69 Å². The number of nitrogens with one attached hydrogen (secondary N) is 1. The largest absolute Gasteiger partial charge is 0.352 e. The molecule has 2 aromatic rings. The third kappa shape index (κ3) is 3.38. The van der Waals surface area contributed by atoms with E-state index >= 15 is 0 Å². The van der Waals surface area contributed by atoms with E-state index < -0.39 is 29.6 Å². The number of aromatic nitrogens is 2. The summed E-state index contributed by atoms with van der Waals surface area (Å²) in [6.07, 6.45) is 0.536. The van der Waals surface area contributed by atoms with Gasteiger partial charge in [0.2, 0.25) is 0 Å². The number of azide groups is 1. The predicted molar refractivity (Wildman–Crippen MR) is 114 cm³/mol. The zero-order chi connectivity index (χ0) is 20.7. The van der Waals surface area contributed by atoms with Crippen LogP contribution in [0, 0.1) is 6.92 Å². The van der Waals surface area contributed by atoms with E-state index in [1.807, 2.05) is 24.3 Å². The van der Waals surface area contributed by atoms with Crippen molar-refractivity contribution in [3.05, 3.63) is 78.4 Å². The van der Waals surface area contributed by atoms with Crippen molar-refractivity contribution < 1.29 is 4.74 Å². The molecule has 3 heterocycles. The van der Waals surface area contributed by atoms with E-state index in [1.54, 1.807) is 11.8 Å². The first-order valence-corrected chi connectivity index (χ1v) is 9.69. The molecule has 0 aliphatic carbocycles. The second-order valence-corrected chi connectivity index (χ2v) is 7.66. The van der Waals surface area contributed by atoms with Crippen molar-refractivity contribution in [1.82, 2.24) is 14.5 Å². The first kappa shape index (κ1) is 19.5. The molecule has 0 saturated carbocycles. The van der Waals surface area contributed by atoms with Gasteiger partial charge in [0, 0.05) is 34.2 Å². The van der Waals surface area contributed by atoms with Crippen LogP contribution in [0.15, 0.2) is 45.2 Å². The Hall–Kier alpha value is -2.85. The Kier molecular flexibility index (Phi) is 5.05. The van der Waals surface area contributed by atoms with Gasteiger partial charge < -0.3 is 9.64 Å². The van der Waals surface area contributed by atoms with Crippen LogP contribution >= 0.6 is 24.4 Å². The van der Waals surface area contributed by atoms with Crippen molar-refractivity contribution in [2.45, 2.75) is 31.7 Å². The summed E-state index contributed by atoms with van der Waals surface area (Å²) in [7, 11) is 0. The zero-order valence-corrected chi connectivity index (χ0v) is 16.9. The number of benzene rings is 1. The summed E-state index contributed by atoms with van der Waals surface area (Å²) >= 11 is 11.1. The molecule has 3 atom stereocenters. The number of aromatic amines is 1. The van der Waals surface area contributed by atoms with E-state index in [2.05, 4.69) is 15.0 Å². The number of thiocarbonyl (C=S) groups is 2. The van der Waals surface area contributed by atoms with E-state index in [9.17, 15) is 9.59 Å². The summed E-state index contributed by atoms with van der Waals surface area (Å²) in [5, 5.41) is 3.85. The Morgan fingerprint density at radius 1 is 1.28 bits per heavy atom. The van der Waals surface area contributed by atoms with E-state index in [0.29, 0.717) is 28.5 Å². The van der Waals surface area contributed by atoms with Gasteiger partial charge in [-0.15, -0.1) is 0 Å². The molecule has 4 rings (SSSR count). The smallest absolute Gasteiger partial charge is 0.330 e. The first-order chi connectivity index (χ1) is 13.9. The van der Waals surface area contributed by atoms with Gasteiger partial charge in [0.1, 0.15) is 16.2 Å². The van der Waals surface area contributed by atoms with Crippen LogP contribution in [0.2, 0.25) is 0 Å². The van der Waals surface area contributed by atoms with Crippen molar-refractivity contribution in [2.75, 3.05) is 6.54 Å². The molecule has 1 aromatic carbocycles. The number of H-pyrrole nitrogens is 1. The maximum absolute atomic E-state index is 12.2. The normalized spacial score (nSPS) is 23.2. The van der Waals surface area contributed by atoms with Crippen LogP contribution in [0.4, 0.5) is 0 Å². The van der Waals surface area contributed by atoms with E-state index in [-0.39, 0.29) is 0 Å². The number of hydrogen-bond donors (Lipinski definition) is 1. The van der Waals surface area contributed by atoms with Gasteiger partial charge in [-0.2, -0.15) is 0 Å². The lowest BCUT2D eigenvalue weighted by molar-refractivity contribution is -0.00594. The highest BCUT2D eigenvalue weighted by Gasteiger charge is 2.40. The van der Waals surface area contributed by atoms with Gasteiger partial charge in [0.15, 0.2) is 0 Å². The highest BCUT2D eigenvalue weighted by atomic mass is 32.1. The topological polar surface area (TPSA) is 116 Å². The summed E-state index contributed by atoms with van der Waals surface area (Å²) in [5.74, 6) is 0. The molecular weight excluding hydrogens is 412 g/mol. The SMILES string of the molecule is Cc1cn([C@H]2C[C@H](N=[N+]=[N-])[C@@H](CN3C(=S)c4ccccc4C3=S)O2)c(=O)[nH]c1=O. The van der Waals surface area contributed by atoms with Crippen molar-refractivity contribution >= 4 is 34.4 Å². The zero-order valence-electron chi connectivity index (χ0n) is 15.3. The number of rotatable bonds is 4. The Balaban J connectivity index is 1.61. The van der Waals surface area contributed by atoms with Crippen LogP contribution in [-0.4, -0.2) is 43.1 Å². The fourth-order valence-electron chi connectivity index (χ4n) is 3.62. The second-order valence-electron chi connectivity index (χ2n) is 6.88. The van der Waals surface area contributed by atoms with Gasteiger partial charge in [-0.05, 0) is 12.5 Å². The number of hydrogen-bond acceptors (Lipinski definition) is 6. The van der Waals surface area contributed by atoms with Crippen molar-refractivity contribution in [2.24, 2.45) is 5.11 Å². The van der Waals surface area contributed by atoms with Crippen molar-refractivity contribution in [3.63, 3.8) is 0 Å². The molecule has 0 spiro atoms. The van der Waals surface area contributed by atoms with Crippen molar-refractivity contribution in [3.8, 4) is 0 Å². The maximum Gasteiger partial charge on any atom is 0.330 e. The minimum atomic E-state index is -0.675. The molecule has 0 radical (unpaired) electrons. The van der Waals surface area contributed by atoms with E-state index in [0.717, 1.165) is 11.1 Å². The van der Waals surface area contributed by atoms with Gasteiger partial charge in [-0.25, -0.2) is 4.79 Å². The van der Waals surface area contributed by atoms with Crippen molar-refractivity contribution in [1.29, 1.82) is 0 Å². The molecule has 1 saturated heterocycles. The molecule has 1 N–H and O–H groups in total. The Labute approximate surface area is 175 Å². The van der Waals surface area contributed by atoms with Crippen LogP contribution < -0.4 is 11.2 Å². The van der Waals surface area contributed by atoms with E-state index in [4.69, 9.17) is 34.7 Å². The predicted octanol–water partition coefficient (Wildman–Crippen LogP) is 2.18. The summed E-state index contributed by atoms with van der Waals surface area (Å²) in [5.41, 5.74) is 10.1. The molecule has 1 aromatic heterocycles. The molecular formula is C18H16N6O3S2. The molecule has 2 aliphatic rings. The monoisotopic (exact) mass is 428 g/mol. The van der Waals surface area contributed by atoms with Gasteiger partial charge in [-0.3, -0.25) is 14.3 Å².